The van der Waals surface area contributed by atoms with Crippen molar-refractivity contribution in [2.24, 2.45) is 23.7 Å². The Kier molecular flexibility index (Phi) is 9.43. The maximum atomic E-state index is 14.7. The van der Waals surface area contributed by atoms with E-state index in [9.17, 15) is 8.78 Å². The fourth-order valence-corrected chi connectivity index (χ4v) is 6.99. The highest BCUT2D eigenvalue weighted by Gasteiger charge is 2.30. The maximum Gasteiger partial charge on any atom is 0.166 e. The molecule has 0 spiro atoms. The minimum Gasteiger partial charge on any atom is -0.203 e. The van der Waals surface area contributed by atoms with Crippen molar-refractivity contribution in [1.82, 2.24) is 0 Å². The summed E-state index contributed by atoms with van der Waals surface area (Å²) in [6.07, 6.45) is 20.7. The van der Waals surface area contributed by atoms with Crippen molar-refractivity contribution in [3.05, 3.63) is 47.0 Å². The Labute approximate surface area is 206 Å². The van der Waals surface area contributed by atoms with Crippen LogP contribution in [0.5, 0.6) is 0 Å². The average molecular weight is 469 g/mol. The molecule has 0 radical (unpaired) electrons. The Hall–Kier alpha value is -1.44. The monoisotopic (exact) mass is 468 g/mol. The van der Waals surface area contributed by atoms with E-state index in [1.807, 2.05) is 25.1 Å². The van der Waals surface area contributed by atoms with E-state index in [-0.39, 0.29) is 0 Å². The van der Waals surface area contributed by atoms with Gasteiger partial charge in [0.05, 0.1) is 0 Å². The number of unbranched alkanes of at least 4 members (excludes halogenated alkanes) is 2. The van der Waals surface area contributed by atoms with Gasteiger partial charge in [0.15, 0.2) is 11.6 Å². The molecule has 2 heteroatoms. The van der Waals surface area contributed by atoms with Crippen molar-refractivity contribution in [3.8, 4) is 0 Å². The third-order valence-electron chi connectivity index (χ3n) is 9.18. The largest absolute Gasteiger partial charge is 0.203 e. The van der Waals surface area contributed by atoms with Gasteiger partial charge in [0.2, 0.25) is 0 Å². The van der Waals surface area contributed by atoms with Crippen LogP contribution in [0.4, 0.5) is 8.78 Å². The van der Waals surface area contributed by atoms with Crippen LogP contribution in [0.15, 0.2) is 24.3 Å². The summed E-state index contributed by atoms with van der Waals surface area (Å²) >= 11 is 0. The lowest BCUT2D eigenvalue weighted by Crippen LogP contribution is -2.26. The normalized spacial score (nSPS) is 25.6. The molecule has 0 unspecified atom stereocenters. The van der Waals surface area contributed by atoms with Crippen LogP contribution >= 0.6 is 0 Å². The molecule has 2 fully saturated rings. The molecule has 4 rings (SSSR count). The van der Waals surface area contributed by atoms with Gasteiger partial charge >= 0.3 is 0 Å². The first-order valence-corrected chi connectivity index (χ1v) is 14.5. The third kappa shape index (κ3) is 6.41. The van der Waals surface area contributed by atoms with E-state index >= 15 is 0 Å². The number of hydrogen-bond acceptors (Lipinski definition) is 0. The number of halogens is 2. The third-order valence-corrected chi connectivity index (χ3v) is 9.18. The average Bonchev–Trinajstić information content (AvgIpc) is 2.87. The summed E-state index contributed by atoms with van der Waals surface area (Å²) < 4.78 is 29.1. The molecular formula is C32H46F2. The smallest absolute Gasteiger partial charge is 0.166 e. The van der Waals surface area contributed by atoms with E-state index < -0.39 is 11.6 Å². The van der Waals surface area contributed by atoms with Gasteiger partial charge in [-0.3, -0.25) is 0 Å². The minimum absolute atomic E-state index is 0.448. The van der Waals surface area contributed by atoms with Gasteiger partial charge in [0.1, 0.15) is 0 Å². The molecule has 2 saturated carbocycles. The second-order valence-electron chi connectivity index (χ2n) is 11.6. The Morgan fingerprint density at radius 1 is 0.676 bits per heavy atom. The molecular weight excluding hydrogens is 422 g/mol. The van der Waals surface area contributed by atoms with Crippen molar-refractivity contribution in [3.63, 3.8) is 0 Å². The van der Waals surface area contributed by atoms with E-state index in [2.05, 4.69) is 13.0 Å². The van der Waals surface area contributed by atoms with Crippen LogP contribution in [0.25, 0.3) is 10.8 Å². The fraction of sp³-hybridized carbons (Fsp3) is 0.688. The number of benzene rings is 2. The van der Waals surface area contributed by atoms with Crippen molar-refractivity contribution in [2.75, 3.05) is 0 Å². The highest BCUT2D eigenvalue weighted by molar-refractivity contribution is 5.84. The van der Waals surface area contributed by atoms with Crippen LogP contribution in [0.2, 0.25) is 0 Å². The summed E-state index contributed by atoms with van der Waals surface area (Å²) in [5.41, 5.74) is 1.65. The van der Waals surface area contributed by atoms with Gasteiger partial charge in [0, 0.05) is 5.39 Å². The molecule has 0 amide bonds. The lowest BCUT2D eigenvalue weighted by Gasteiger charge is -2.38. The molecule has 2 aliphatic carbocycles. The van der Waals surface area contributed by atoms with E-state index in [1.54, 1.807) is 0 Å². The van der Waals surface area contributed by atoms with E-state index in [4.69, 9.17) is 0 Å². The quantitative estimate of drug-likeness (QED) is 0.304. The summed E-state index contributed by atoms with van der Waals surface area (Å²) in [5, 5.41) is 1.27. The van der Waals surface area contributed by atoms with Crippen molar-refractivity contribution in [1.29, 1.82) is 0 Å². The van der Waals surface area contributed by atoms with Crippen LogP contribution in [0.3, 0.4) is 0 Å². The van der Waals surface area contributed by atoms with Crippen LogP contribution in [0.1, 0.15) is 115 Å². The zero-order chi connectivity index (χ0) is 23.9. The summed E-state index contributed by atoms with van der Waals surface area (Å²) in [4.78, 5) is 0. The van der Waals surface area contributed by atoms with Crippen LogP contribution in [0, 0.1) is 35.3 Å². The van der Waals surface area contributed by atoms with E-state index in [0.717, 1.165) is 47.5 Å². The molecule has 0 nitrogen and oxygen atoms in total. The molecule has 0 heterocycles. The Morgan fingerprint density at radius 2 is 1.32 bits per heavy atom. The zero-order valence-corrected chi connectivity index (χ0v) is 21.7. The first kappa shape index (κ1) is 25.6. The first-order valence-electron chi connectivity index (χ1n) is 14.5. The number of fused-ring (bicyclic) bond motifs is 1. The summed E-state index contributed by atoms with van der Waals surface area (Å²) in [6.45, 7) is 4.30. The molecule has 2 aromatic rings. The predicted molar refractivity (Wildman–Crippen MR) is 141 cm³/mol. The SMILES string of the molecule is CCCCCC1CCC(C2CCC(CCc3ccc4cc(CCC)c(F)c(F)c4c3)CC2)CC1. The second-order valence-corrected chi connectivity index (χ2v) is 11.6. The molecule has 0 atom stereocenters. The van der Waals surface area contributed by atoms with Crippen molar-refractivity contribution in [2.45, 2.75) is 117 Å². The van der Waals surface area contributed by atoms with Gasteiger partial charge < -0.3 is 0 Å². The minimum atomic E-state index is -0.664. The molecule has 2 aromatic carbocycles. The van der Waals surface area contributed by atoms with Gasteiger partial charge in [-0.2, -0.15) is 0 Å². The Balaban J connectivity index is 1.23. The Bertz CT molecular complexity index is 901. The lowest BCUT2D eigenvalue weighted by atomic mass is 9.68. The van der Waals surface area contributed by atoms with Gasteiger partial charge in [-0.05, 0) is 97.3 Å². The van der Waals surface area contributed by atoms with E-state index in [1.165, 1.54) is 83.5 Å². The molecule has 0 N–H and O–H groups in total. The molecule has 188 valence electrons. The van der Waals surface area contributed by atoms with E-state index in [0.29, 0.717) is 17.4 Å². The zero-order valence-electron chi connectivity index (χ0n) is 21.7. The molecule has 0 aromatic heterocycles. The van der Waals surface area contributed by atoms with Crippen LogP contribution < -0.4 is 0 Å². The second kappa shape index (κ2) is 12.5. The van der Waals surface area contributed by atoms with Crippen molar-refractivity contribution >= 4 is 10.8 Å². The summed E-state index contributed by atoms with van der Waals surface area (Å²) in [7, 11) is 0. The van der Waals surface area contributed by atoms with Gasteiger partial charge in [0.25, 0.3) is 0 Å². The highest BCUT2D eigenvalue weighted by Crippen LogP contribution is 2.43. The molecule has 0 aliphatic heterocycles. The summed E-state index contributed by atoms with van der Waals surface area (Å²) in [6, 6.07) is 7.84. The molecule has 2 aliphatic rings. The van der Waals surface area contributed by atoms with Crippen LogP contribution in [-0.2, 0) is 12.8 Å². The topological polar surface area (TPSA) is 0 Å². The standard InChI is InChI=1S/C32H46F2/c1-3-5-6-8-23-11-16-26(17-12-23)27-18-13-24(14-19-27)9-10-25-15-20-28-22-29(7-4-2)31(33)32(34)30(28)21-25/h15,20-24,26-27H,3-14,16-19H2,1-2H3. The fourth-order valence-electron chi connectivity index (χ4n) is 6.99. The predicted octanol–water partition coefficient (Wildman–Crippen LogP) is 10.2. The van der Waals surface area contributed by atoms with Crippen LogP contribution in [-0.4, -0.2) is 0 Å². The van der Waals surface area contributed by atoms with Crippen molar-refractivity contribution < 1.29 is 8.78 Å². The first-order chi connectivity index (χ1) is 16.6. The number of aryl methyl sites for hydroxylation is 2. The number of rotatable bonds is 10. The maximum absolute atomic E-state index is 14.7. The molecule has 0 bridgehead atoms. The highest BCUT2D eigenvalue weighted by atomic mass is 19.2. The summed E-state index contributed by atoms with van der Waals surface area (Å²) in [5.74, 6) is 2.44. The number of hydrogen-bond donors (Lipinski definition) is 0. The molecule has 0 saturated heterocycles. The Morgan fingerprint density at radius 3 is 1.94 bits per heavy atom. The van der Waals surface area contributed by atoms with Gasteiger partial charge in [-0.15, -0.1) is 0 Å². The lowest BCUT2D eigenvalue weighted by molar-refractivity contribution is 0.140. The van der Waals surface area contributed by atoms with Gasteiger partial charge in [-0.1, -0.05) is 83.8 Å². The molecule has 34 heavy (non-hydrogen) atoms. The van der Waals surface area contributed by atoms with Gasteiger partial charge in [-0.25, -0.2) is 8.78 Å².